The van der Waals surface area contributed by atoms with Crippen molar-refractivity contribution in [1.29, 1.82) is 0 Å². The van der Waals surface area contributed by atoms with Crippen molar-refractivity contribution < 1.29 is 14.2 Å². The van der Waals surface area contributed by atoms with Gasteiger partial charge in [-0.15, -0.1) is 0 Å². The quantitative estimate of drug-likeness (QED) is 0.738. The summed E-state index contributed by atoms with van der Waals surface area (Å²) >= 11 is 0. The van der Waals surface area contributed by atoms with E-state index < -0.39 is 8.03 Å². The SMILES string of the molecule is O=[PH](CCCO)Oc1ccccc1. The Balaban J connectivity index is 2.37. The first-order valence-corrected chi connectivity index (χ1v) is 5.72. The van der Waals surface area contributed by atoms with Crippen LogP contribution in [0.5, 0.6) is 5.75 Å². The maximum atomic E-state index is 11.2. The molecule has 0 bridgehead atoms. The van der Waals surface area contributed by atoms with Gasteiger partial charge in [-0.05, 0) is 18.6 Å². The molecule has 0 amide bonds. The second-order valence-corrected chi connectivity index (χ2v) is 4.06. The number of hydrogen-bond donors (Lipinski definition) is 1. The van der Waals surface area contributed by atoms with Crippen LogP contribution in [0.3, 0.4) is 0 Å². The summed E-state index contributed by atoms with van der Waals surface area (Å²) in [6.45, 7) is 0.0640. The topological polar surface area (TPSA) is 46.5 Å². The fourth-order valence-electron chi connectivity index (χ4n) is 0.894. The number of aliphatic hydroxyl groups is 1. The zero-order chi connectivity index (χ0) is 9.52. The van der Waals surface area contributed by atoms with Crippen molar-refractivity contribution in [2.24, 2.45) is 0 Å². The molecule has 0 radical (unpaired) electrons. The molecule has 13 heavy (non-hydrogen) atoms. The maximum Gasteiger partial charge on any atom is 0.236 e. The molecule has 0 aliphatic heterocycles. The summed E-state index contributed by atoms with van der Waals surface area (Å²) in [5.74, 6) is 0.629. The summed E-state index contributed by atoms with van der Waals surface area (Å²) in [7, 11) is -2.01. The van der Waals surface area contributed by atoms with Crippen LogP contribution in [0.25, 0.3) is 0 Å². The van der Waals surface area contributed by atoms with E-state index in [4.69, 9.17) is 9.63 Å². The molecule has 4 heteroatoms. The van der Waals surface area contributed by atoms with E-state index in [1.54, 1.807) is 12.1 Å². The Kier molecular flexibility index (Phi) is 4.58. The van der Waals surface area contributed by atoms with Crippen molar-refractivity contribution in [2.75, 3.05) is 12.8 Å². The minimum absolute atomic E-state index is 0.0640. The van der Waals surface area contributed by atoms with Gasteiger partial charge in [-0.3, -0.25) is 4.57 Å². The van der Waals surface area contributed by atoms with Crippen LogP contribution < -0.4 is 4.52 Å². The highest BCUT2D eigenvalue weighted by Crippen LogP contribution is 2.26. The third-order valence-corrected chi connectivity index (χ3v) is 2.74. The minimum Gasteiger partial charge on any atom is -0.445 e. The van der Waals surface area contributed by atoms with Crippen LogP contribution in [0.4, 0.5) is 0 Å². The van der Waals surface area contributed by atoms with Crippen LogP contribution in [0, 0.1) is 0 Å². The predicted octanol–water partition coefficient (Wildman–Crippen LogP) is 1.92. The highest BCUT2D eigenvalue weighted by molar-refractivity contribution is 7.39. The average molecular weight is 200 g/mol. The van der Waals surface area contributed by atoms with Crippen molar-refractivity contribution in [3.8, 4) is 5.75 Å². The van der Waals surface area contributed by atoms with Crippen LogP contribution in [0.15, 0.2) is 30.3 Å². The Morgan fingerprint density at radius 1 is 1.31 bits per heavy atom. The zero-order valence-corrected chi connectivity index (χ0v) is 8.27. The molecule has 1 N–H and O–H groups in total. The standard InChI is InChI=1S/C9H13O3P/c10-7-4-8-13(11)12-9-5-2-1-3-6-9/h1-3,5-6,10,13H,4,7-8H2. The van der Waals surface area contributed by atoms with Crippen molar-refractivity contribution in [3.05, 3.63) is 30.3 Å². The normalized spacial score (nSPS) is 12.4. The van der Waals surface area contributed by atoms with Gasteiger partial charge in [0.15, 0.2) is 0 Å². The van der Waals surface area contributed by atoms with Crippen LogP contribution >= 0.6 is 8.03 Å². The van der Waals surface area contributed by atoms with Crippen LogP contribution in [-0.2, 0) is 4.57 Å². The summed E-state index contributed by atoms with van der Waals surface area (Å²) in [5.41, 5.74) is 0. The van der Waals surface area contributed by atoms with Gasteiger partial charge < -0.3 is 9.63 Å². The van der Waals surface area contributed by atoms with Gasteiger partial charge >= 0.3 is 0 Å². The number of rotatable bonds is 5. The molecular formula is C9H13O3P. The van der Waals surface area contributed by atoms with Crippen LogP contribution in [0.2, 0.25) is 0 Å². The Morgan fingerprint density at radius 3 is 2.62 bits per heavy atom. The van der Waals surface area contributed by atoms with E-state index in [2.05, 4.69) is 0 Å². The van der Waals surface area contributed by atoms with Gasteiger partial charge in [0.2, 0.25) is 8.03 Å². The van der Waals surface area contributed by atoms with Gasteiger partial charge in [-0.25, -0.2) is 0 Å². The van der Waals surface area contributed by atoms with Crippen LogP contribution in [0.1, 0.15) is 6.42 Å². The lowest BCUT2D eigenvalue weighted by molar-refractivity contribution is 0.294. The lowest BCUT2D eigenvalue weighted by atomic mass is 10.3. The molecule has 1 aromatic rings. The molecule has 1 atom stereocenters. The summed E-state index contributed by atoms with van der Waals surface area (Å²) in [5, 5.41) is 8.50. The molecule has 0 saturated heterocycles. The lowest BCUT2D eigenvalue weighted by Gasteiger charge is -2.04. The van der Waals surface area contributed by atoms with E-state index in [1.165, 1.54) is 0 Å². The first kappa shape index (κ1) is 10.3. The molecule has 1 rings (SSSR count). The molecule has 1 aromatic carbocycles. The molecule has 0 heterocycles. The van der Waals surface area contributed by atoms with E-state index in [0.717, 1.165) is 0 Å². The van der Waals surface area contributed by atoms with E-state index >= 15 is 0 Å². The number of hydrogen-bond acceptors (Lipinski definition) is 3. The molecule has 0 fully saturated rings. The lowest BCUT2D eigenvalue weighted by Crippen LogP contribution is -1.89. The van der Waals surface area contributed by atoms with E-state index in [0.29, 0.717) is 18.3 Å². The fourth-order valence-corrected chi connectivity index (χ4v) is 1.84. The first-order valence-electron chi connectivity index (χ1n) is 4.19. The summed E-state index contributed by atoms with van der Waals surface area (Å²) in [6.07, 6.45) is 0.973. The van der Waals surface area contributed by atoms with E-state index in [-0.39, 0.29) is 6.61 Å². The third kappa shape index (κ3) is 4.11. The summed E-state index contributed by atoms with van der Waals surface area (Å²) < 4.78 is 16.4. The second kappa shape index (κ2) is 5.79. The van der Waals surface area contributed by atoms with Crippen LogP contribution in [-0.4, -0.2) is 17.9 Å². The minimum atomic E-state index is -2.01. The Labute approximate surface area is 78.2 Å². The zero-order valence-electron chi connectivity index (χ0n) is 7.27. The molecule has 72 valence electrons. The van der Waals surface area contributed by atoms with Gasteiger partial charge in [0.05, 0.1) is 0 Å². The molecule has 0 aliphatic carbocycles. The third-order valence-electron chi connectivity index (χ3n) is 1.51. The van der Waals surface area contributed by atoms with Crippen molar-refractivity contribution in [2.45, 2.75) is 6.42 Å². The number of benzene rings is 1. The molecule has 1 unspecified atom stereocenters. The summed E-state index contributed by atoms with van der Waals surface area (Å²) in [6, 6.07) is 9.06. The smallest absolute Gasteiger partial charge is 0.236 e. The van der Waals surface area contributed by atoms with E-state index in [1.807, 2.05) is 18.2 Å². The Bertz CT molecular complexity index is 261. The highest BCUT2D eigenvalue weighted by atomic mass is 31.1. The number of para-hydroxylation sites is 1. The van der Waals surface area contributed by atoms with Gasteiger partial charge in [-0.2, -0.15) is 0 Å². The predicted molar refractivity (Wildman–Crippen MR) is 52.6 cm³/mol. The summed E-state index contributed by atoms with van der Waals surface area (Å²) in [4.78, 5) is 0. The fraction of sp³-hybridized carbons (Fsp3) is 0.333. The molecule has 0 saturated carbocycles. The monoisotopic (exact) mass is 200 g/mol. The first-order chi connectivity index (χ1) is 6.33. The van der Waals surface area contributed by atoms with Crippen molar-refractivity contribution >= 4 is 8.03 Å². The molecule has 0 aromatic heterocycles. The van der Waals surface area contributed by atoms with Gasteiger partial charge in [-0.1, -0.05) is 18.2 Å². The Morgan fingerprint density at radius 2 is 2.00 bits per heavy atom. The van der Waals surface area contributed by atoms with E-state index in [9.17, 15) is 4.57 Å². The molecular weight excluding hydrogens is 187 g/mol. The largest absolute Gasteiger partial charge is 0.445 e. The number of aliphatic hydroxyl groups excluding tert-OH is 1. The second-order valence-electron chi connectivity index (χ2n) is 2.61. The van der Waals surface area contributed by atoms with Crippen molar-refractivity contribution in [1.82, 2.24) is 0 Å². The molecule has 0 aliphatic rings. The maximum absolute atomic E-state index is 11.2. The van der Waals surface area contributed by atoms with Gasteiger partial charge in [0, 0.05) is 12.8 Å². The van der Waals surface area contributed by atoms with Gasteiger partial charge in [0.25, 0.3) is 0 Å². The van der Waals surface area contributed by atoms with Crippen molar-refractivity contribution in [3.63, 3.8) is 0 Å². The molecule has 0 spiro atoms. The van der Waals surface area contributed by atoms with Gasteiger partial charge in [0.1, 0.15) is 5.75 Å². The molecule has 3 nitrogen and oxygen atoms in total. The average Bonchev–Trinajstić information content (AvgIpc) is 2.16. The highest BCUT2D eigenvalue weighted by Gasteiger charge is 1.99. The Hall–Kier alpha value is -0.790.